The highest BCUT2D eigenvalue weighted by atomic mass is 16.1. The number of hydrogen-bond acceptors (Lipinski definition) is 1. The van der Waals surface area contributed by atoms with E-state index < -0.39 is 0 Å². The van der Waals surface area contributed by atoms with E-state index in [1.54, 1.807) is 0 Å². The molecule has 1 nitrogen and oxygen atoms in total. The van der Waals surface area contributed by atoms with Gasteiger partial charge in [-0.1, -0.05) is 38.0 Å². The second-order valence-corrected chi connectivity index (χ2v) is 6.48. The molecule has 0 spiro atoms. The first-order valence-electron chi connectivity index (χ1n) is 7.14. The molecule has 0 radical (unpaired) electrons. The molecule has 1 fully saturated rings. The second kappa shape index (κ2) is 5.86. The van der Waals surface area contributed by atoms with Crippen molar-refractivity contribution >= 4 is 5.78 Å². The molecule has 1 aliphatic carbocycles. The summed E-state index contributed by atoms with van der Waals surface area (Å²) in [5.74, 6) is 0.729. The molecule has 2 atom stereocenters. The van der Waals surface area contributed by atoms with Gasteiger partial charge in [0.05, 0.1) is 0 Å². The van der Waals surface area contributed by atoms with Gasteiger partial charge in [-0.05, 0) is 52.0 Å². The zero-order chi connectivity index (χ0) is 13.9. The third-order valence-electron chi connectivity index (χ3n) is 4.45. The van der Waals surface area contributed by atoms with E-state index >= 15 is 0 Å². The van der Waals surface area contributed by atoms with Crippen LogP contribution in [0.15, 0.2) is 23.3 Å². The Morgan fingerprint density at radius 3 is 2.50 bits per heavy atom. The Morgan fingerprint density at radius 2 is 2.00 bits per heavy atom. The van der Waals surface area contributed by atoms with Crippen LogP contribution in [0.5, 0.6) is 0 Å². The van der Waals surface area contributed by atoms with Crippen molar-refractivity contribution in [2.24, 2.45) is 11.3 Å². The van der Waals surface area contributed by atoms with Crippen LogP contribution in [0.3, 0.4) is 0 Å². The maximum Gasteiger partial charge on any atom is 0.141 e. The van der Waals surface area contributed by atoms with Crippen molar-refractivity contribution in [1.82, 2.24) is 0 Å². The Hall–Kier alpha value is -0.850. The molecule has 1 heteroatoms. The van der Waals surface area contributed by atoms with Crippen LogP contribution in [-0.4, -0.2) is 5.78 Å². The van der Waals surface area contributed by atoms with Crippen LogP contribution in [-0.2, 0) is 4.79 Å². The molecule has 1 saturated carbocycles. The zero-order valence-corrected chi connectivity index (χ0v) is 12.7. The summed E-state index contributed by atoms with van der Waals surface area (Å²) in [4.78, 5) is 12.4. The minimum Gasteiger partial charge on any atom is -0.299 e. The number of Topliss-reactive ketones (excluding diaryl/α,β-unsaturated/α-hetero) is 1. The first kappa shape index (κ1) is 15.2. The normalized spacial score (nSPS) is 28.1. The largest absolute Gasteiger partial charge is 0.299 e. The summed E-state index contributed by atoms with van der Waals surface area (Å²) >= 11 is 0. The molecule has 18 heavy (non-hydrogen) atoms. The molecule has 102 valence electrons. The fraction of sp³-hybridized carbons (Fsp3) is 0.706. The van der Waals surface area contributed by atoms with E-state index in [9.17, 15) is 4.79 Å². The molecule has 0 saturated heterocycles. The lowest BCUT2D eigenvalue weighted by Gasteiger charge is -2.35. The minimum atomic E-state index is -0.103. The van der Waals surface area contributed by atoms with Crippen LogP contribution in [0.25, 0.3) is 0 Å². The average molecular weight is 248 g/mol. The Morgan fingerprint density at radius 1 is 1.39 bits per heavy atom. The highest BCUT2D eigenvalue weighted by molar-refractivity contribution is 5.87. The number of rotatable bonds is 4. The van der Waals surface area contributed by atoms with E-state index in [1.807, 2.05) is 0 Å². The summed E-state index contributed by atoms with van der Waals surface area (Å²) in [5, 5.41) is 0. The highest BCUT2D eigenvalue weighted by Crippen LogP contribution is 2.40. The van der Waals surface area contributed by atoms with E-state index in [0.717, 1.165) is 31.3 Å². The lowest BCUT2D eigenvalue weighted by Crippen LogP contribution is -2.36. The summed E-state index contributed by atoms with van der Waals surface area (Å²) in [6, 6.07) is 0. The molecule has 0 aromatic carbocycles. The molecular weight excluding hydrogens is 220 g/mol. The van der Waals surface area contributed by atoms with Gasteiger partial charge in [0.25, 0.3) is 0 Å². The highest BCUT2D eigenvalue weighted by Gasteiger charge is 2.38. The summed E-state index contributed by atoms with van der Waals surface area (Å²) in [6.07, 6.45) is 5.30. The fourth-order valence-corrected chi connectivity index (χ4v) is 3.19. The number of allylic oxidation sites excluding steroid dienone is 3. The maximum atomic E-state index is 12.4. The van der Waals surface area contributed by atoms with Gasteiger partial charge in [-0.3, -0.25) is 4.79 Å². The van der Waals surface area contributed by atoms with Gasteiger partial charge in [-0.2, -0.15) is 0 Å². The van der Waals surface area contributed by atoms with E-state index in [2.05, 4.69) is 41.2 Å². The molecule has 1 rings (SSSR count). The van der Waals surface area contributed by atoms with Crippen LogP contribution >= 0.6 is 0 Å². The molecular formula is C17H28O. The van der Waals surface area contributed by atoms with Crippen molar-refractivity contribution < 1.29 is 4.79 Å². The average Bonchev–Trinajstić information content (AvgIpc) is 2.25. The van der Waals surface area contributed by atoms with Crippen molar-refractivity contribution in [1.29, 1.82) is 0 Å². The quantitative estimate of drug-likeness (QED) is 0.634. The van der Waals surface area contributed by atoms with Crippen LogP contribution in [0.2, 0.25) is 0 Å². The Balaban J connectivity index is 2.75. The van der Waals surface area contributed by atoms with Gasteiger partial charge in [-0.15, -0.1) is 0 Å². The van der Waals surface area contributed by atoms with Gasteiger partial charge in [0.15, 0.2) is 0 Å². The lowest BCUT2D eigenvalue weighted by atomic mass is 9.67. The smallest absolute Gasteiger partial charge is 0.141 e. The summed E-state index contributed by atoms with van der Waals surface area (Å²) in [5.41, 5.74) is 3.73. The van der Waals surface area contributed by atoms with Gasteiger partial charge < -0.3 is 0 Å². The van der Waals surface area contributed by atoms with Crippen molar-refractivity contribution in [3.63, 3.8) is 0 Å². The Labute approximate surface area is 112 Å². The van der Waals surface area contributed by atoms with Crippen LogP contribution < -0.4 is 0 Å². The maximum absolute atomic E-state index is 12.4. The first-order valence-corrected chi connectivity index (χ1v) is 7.14. The van der Waals surface area contributed by atoms with Gasteiger partial charge in [0.2, 0.25) is 0 Å². The van der Waals surface area contributed by atoms with Crippen molar-refractivity contribution in [3.05, 3.63) is 23.3 Å². The predicted octanol–water partition coefficient (Wildman–Crippen LogP) is 5.07. The molecule has 0 N–H and O–H groups in total. The molecule has 0 bridgehead atoms. The fourth-order valence-electron chi connectivity index (χ4n) is 3.19. The van der Waals surface area contributed by atoms with E-state index in [1.165, 1.54) is 17.6 Å². The van der Waals surface area contributed by atoms with Gasteiger partial charge in [0, 0.05) is 11.3 Å². The van der Waals surface area contributed by atoms with E-state index in [-0.39, 0.29) is 11.3 Å². The minimum absolute atomic E-state index is 0.103. The number of carbonyl (C=O) groups is 1. The molecule has 0 aromatic rings. The number of carbonyl (C=O) groups excluding carboxylic acids is 1. The van der Waals surface area contributed by atoms with E-state index in [4.69, 9.17) is 0 Å². The molecule has 1 unspecified atom stereocenters. The van der Waals surface area contributed by atoms with Gasteiger partial charge in [0.1, 0.15) is 5.78 Å². The molecule has 0 amide bonds. The van der Waals surface area contributed by atoms with E-state index in [0.29, 0.717) is 5.78 Å². The SMILES string of the molecule is C=C(C)C(CC[C@]1(C)CCCC(C)C1=O)=C(C)C. The summed E-state index contributed by atoms with van der Waals surface area (Å²) in [7, 11) is 0. The topological polar surface area (TPSA) is 17.1 Å². The monoisotopic (exact) mass is 248 g/mol. The molecule has 0 aliphatic heterocycles. The van der Waals surface area contributed by atoms with Crippen LogP contribution in [0, 0.1) is 11.3 Å². The molecule has 1 aliphatic rings. The van der Waals surface area contributed by atoms with Crippen LogP contribution in [0.4, 0.5) is 0 Å². The van der Waals surface area contributed by atoms with Gasteiger partial charge in [-0.25, -0.2) is 0 Å². The summed E-state index contributed by atoms with van der Waals surface area (Å²) in [6.45, 7) is 14.6. The van der Waals surface area contributed by atoms with Gasteiger partial charge >= 0.3 is 0 Å². The second-order valence-electron chi connectivity index (χ2n) is 6.48. The number of hydrogen-bond donors (Lipinski definition) is 0. The lowest BCUT2D eigenvalue weighted by molar-refractivity contribution is -0.135. The van der Waals surface area contributed by atoms with Crippen molar-refractivity contribution in [3.8, 4) is 0 Å². The molecule has 0 aromatic heterocycles. The summed E-state index contributed by atoms with van der Waals surface area (Å²) < 4.78 is 0. The third kappa shape index (κ3) is 3.34. The molecule has 0 heterocycles. The standard InChI is InChI=1S/C17H28O/c1-12(2)15(13(3)4)9-11-17(6)10-7-8-14(5)16(17)18/h14H,1,7-11H2,2-6H3/t14?,17-/m0/s1. The number of ketones is 1. The third-order valence-corrected chi connectivity index (χ3v) is 4.45. The zero-order valence-electron chi connectivity index (χ0n) is 12.7. The Kier molecular flexibility index (Phi) is 4.95. The van der Waals surface area contributed by atoms with Crippen molar-refractivity contribution in [2.45, 2.75) is 66.7 Å². The predicted molar refractivity (Wildman–Crippen MR) is 78.6 cm³/mol. The Bertz CT molecular complexity index is 371. The first-order chi connectivity index (χ1) is 8.28. The van der Waals surface area contributed by atoms with Crippen LogP contribution in [0.1, 0.15) is 66.7 Å². The van der Waals surface area contributed by atoms with Crippen molar-refractivity contribution in [2.75, 3.05) is 0 Å².